The average Bonchev–Trinajstić information content (AvgIpc) is 2.38. The summed E-state index contributed by atoms with van der Waals surface area (Å²) in [5.41, 5.74) is 0.792. The molecule has 3 N–H and O–H groups in total. The van der Waals surface area contributed by atoms with Crippen molar-refractivity contribution in [3.8, 4) is 0 Å². The van der Waals surface area contributed by atoms with Crippen LogP contribution in [0.3, 0.4) is 0 Å². The highest BCUT2D eigenvalue weighted by Gasteiger charge is 2.11. The van der Waals surface area contributed by atoms with Crippen LogP contribution < -0.4 is 10.5 Å². The van der Waals surface area contributed by atoms with E-state index in [1.165, 1.54) is 12.1 Å². The maximum atomic E-state index is 11.3. The van der Waals surface area contributed by atoms with Gasteiger partial charge in [-0.25, -0.2) is 13.6 Å². The first-order valence-corrected chi connectivity index (χ1v) is 7.91. The predicted molar refractivity (Wildman–Crippen MR) is 75.5 cm³/mol. The first kappa shape index (κ1) is 16.6. The number of nitrogens with one attached hydrogen (secondary N) is 1. The third-order valence-electron chi connectivity index (χ3n) is 2.77. The molecule has 0 amide bonds. The summed E-state index contributed by atoms with van der Waals surface area (Å²) >= 11 is 0. The summed E-state index contributed by atoms with van der Waals surface area (Å²) in [5.74, 6) is -0.259. The molecule has 0 heterocycles. The van der Waals surface area contributed by atoms with Crippen LogP contribution in [0.4, 0.5) is 0 Å². The van der Waals surface area contributed by atoms with E-state index >= 15 is 0 Å². The van der Waals surface area contributed by atoms with Gasteiger partial charge in [0.25, 0.3) is 0 Å². The number of carbonyl (C=O) groups is 1. The number of ether oxygens (including phenoxy) is 1. The molecule has 20 heavy (non-hydrogen) atoms. The minimum atomic E-state index is -3.70. The van der Waals surface area contributed by atoms with Crippen LogP contribution in [0, 0.1) is 0 Å². The molecule has 1 aromatic carbocycles. The second-order valence-corrected chi connectivity index (χ2v) is 5.91. The van der Waals surface area contributed by atoms with Crippen molar-refractivity contribution < 1.29 is 17.9 Å². The van der Waals surface area contributed by atoms with Crippen LogP contribution in [-0.2, 0) is 19.6 Å². The Bertz CT molecular complexity index is 557. The number of benzene rings is 1. The molecule has 1 unspecified atom stereocenters. The first-order valence-electron chi connectivity index (χ1n) is 6.36. The highest BCUT2D eigenvalue weighted by Crippen LogP contribution is 2.16. The van der Waals surface area contributed by atoms with Crippen LogP contribution in [0.5, 0.6) is 0 Å². The van der Waals surface area contributed by atoms with E-state index < -0.39 is 10.0 Å². The van der Waals surface area contributed by atoms with Crippen LogP contribution in [0.15, 0.2) is 29.2 Å². The number of sulfonamides is 1. The Kier molecular flexibility index (Phi) is 6.12. The number of hydrogen-bond acceptors (Lipinski definition) is 5. The number of nitrogens with two attached hydrogens (primary N) is 1. The van der Waals surface area contributed by atoms with Gasteiger partial charge in [-0.1, -0.05) is 12.1 Å². The van der Waals surface area contributed by atoms with Gasteiger partial charge in [0, 0.05) is 12.6 Å². The normalized spacial score (nSPS) is 12.9. The fourth-order valence-corrected chi connectivity index (χ4v) is 2.27. The predicted octanol–water partition coefficient (Wildman–Crippen LogP) is 0.938. The number of carbonyl (C=O) groups excluding carboxylic acids is 1. The van der Waals surface area contributed by atoms with Crippen molar-refractivity contribution in [1.29, 1.82) is 0 Å². The Morgan fingerprint density at radius 2 is 2.15 bits per heavy atom. The molecule has 0 saturated heterocycles. The highest BCUT2D eigenvalue weighted by atomic mass is 32.2. The second kappa shape index (κ2) is 7.37. The smallest absolute Gasteiger partial charge is 0.307 e. The van der Waals surface area contributed by atoms with E-state index in [1.807, 2.05) is 6.92 Å². The quantitative estimate of drug-likeness (QED) is 0.730. The molecule has 0 aliphatic carbocycles. The van der Waals surface area contributed by atoms with Gasteiger partial charge in [-0.3, -0.25) is 4.79 Å². The maximum Gasteiger partial charge on any atom is 0.307 e. The molecule has 7 heteroatoms. The van der Waals surface area contributed by atoms with Crippen LogP contribution in [0.2, 0.25) is 0 Å². The van der Waals surface area contributed by atoms with Crippen molar-refractivity contribution in [1.82, 2.24) is 5.32 Å². The zero-order valence-electron chi connectivity index (χ0n) is 11.6. The van der Waals surface area contributed by atoms with Gasteiger partial charge in [-0.2, -0.15) is 0 Å². The molecular weight excluding hydrogens is 280 g/mol. The fraction of sp³-hybridized carbons (Fsp3) is 0.462. The molecule has 112 valence electrons. The Morgan fingerprint density at radius 1 is 1.45 bits per heavy atom. The topological polar surface area (TPSA) is 98.5 Å². The standard InChI is InChI=1S/C13H20N2O4S/c1-3-19-13(16)7-8-15-10(2)11-5-4-6-12(9-11)20(14,17)18/h4-6,9-10,15H,3,7-8H2,1-2H3,(H2,14,17,18). The van der Waals surface area contributed by atoms with Gasteiger partial charge in [0.2, 0.25) is 10.0 Å². The summed E-state index contributed by atoms with van der Waals surface area (Å²) in [4.78, 5) is 11.3. The van der Waals surface area contributed by atoms with Gasteiger partial charge in [0.05, 0.1) is 17.9 Å². The summed E-state index contributed by atoms with van der Waals surface area (Å²) in [5, 5.41) is 8.22. The SMILES string of the molecule is CCOC(=O)CCNC(C)c1cccc(S(N)(=O)=O)c1. The molecule has 0 aromatic heterocycles. The lowest BCUT2D eigenvalue weighted by Crippen LogP contribution is -2.23. The van der Waals surface area contributed by atoms with Crippen molar-refractivity contribution in [3.05, 3.63) is 29.8 Å². The van der Waals surface area contributed by atoms with Gasteiger partial charge in [0.15, 0.2) is 0 Å². The van der Waals surface area contributed by atoms with Crippen molar-refractivity contribution in [2.75, 3.05) is 13.2 Å². The van der Waals surface area contributed by atoms with Crippen molar-refractivity contribution in [3.63, 3.8) is 0 Å². The maximum absolute atomic E-state index is 11.3. The van der Waals surface area contributed by atoms with E-state index in [9.17, 15) is 13.2 Å². The van der Waals surface area contributed by atoms with Crippen molar-refractivity contribution in [2.24, 2.45) is 5.14 Å². The van der Waals surface area contributed by atoms with E-state index in [0.717, 1.165) is 5.56 Å². The molecule has 0 aliphatic heterocycles. The Labute approximate surface area is 119 Å². The number of hydrogen-bond donors (Lipinski definition) is 2. The van der Waals surface area contributed by atoms with E-state index in [-0.39, 0.29) is 23.3 Å². The fourth-order valence-electron chi connectivity index (χ4n) is 1.70. The van der Waals surface area contributed by atoms with Crippen LogP contribution >= 0.6 is 0 Å². The number of esters is 1. The summed E-state index contributed by atoms with van der Waals surface area (Å²) in [6.45, 7) is 4.46. The van der Waals surface area contributed by atoms with E-state index in [4.69, 9.17) is 9.88 Å². The first-order chi connectivity index (χ1) is 9.34. The van der Waals surface area contributed by atoms with Gasteiger partial charge in [0.1, 0.15) is 0 Å². The average molecular weight is 300 g/mol. The van der Waals surface area contributed by atoms with Gasteiger partial charge >= 0.3 is 5.97 Å². The summed E-state index contributed by atoms with van der Waals surface area (Å²) in [6, 6.07) is 6.32. The van der Waals surface area contributed by atoms with Crippen LogP contribution in [-0.4, -0.2) is 27.5 Å². The molecule has 0 spiro atoms. The molecule has 0 bridgehead atoms. The highest BCUT2D eigenvalue weighted by molar-refractivity contribution is 7.89. The second-order valence-electron chi connectivity index (χ2n) is 4.35. The molecule has 0 fully saturated rings. The zero-order chi connectivity index (χ0) is 15.2. The molecular formula is C13H20N2O4S. The largest absolute Gasteiger partial charge is 0.466 e. The summed E-state index contributed by atoms with van der Waals surface area (Å²) in [6.07, 6.45) is 0.271. The Hall–Kier alpha value is -1.44. The monoisotopic (exact) mass is 300 g/mol. The number of rotatable bonds is 7. The van der Waals surface area contributed by atoms with Gasteiger partial charge in [-0.05, 0) is 31.5 Å². The minimum Gasteiger partial charge on any atom is -0.466 e. The van der Waals surface area contributed by atoms with Crippen LogP contribution in [0.1, 0.15) is 31.9 Å². The molecule has 1 atom stereocenters. The van der Waals surface area contributed by atoms with Gasteiger partial charge < -0.3 is 10.1 Å². The third-order valence-corrected chi connectivity index (χ3v) is 3.68. The van der Waals surface area contributed by atoms with E-state index in [1.54, 1.807) is 19.1 Å². The van der Waals surface area contributed by atoms with Crippen LogP contribution in [0.25, 0.3) is 0 Å². The van der Waals surface area contributed by atoms with E-state index in [0.29, 0.717) is 13.2 Å². The zero-order valence-corrected chi connectivity index (χ0v) is 12.4. The molecule has 1 aromatic rings. The molecule has 6 nitrogen and oxygen atoms in total. The lowest BCUT2D eigenvalue weighted by Gasteiger charge is -2.14. The van der Waals surface area contributed by atoms with E-state index in [2.05, 4.69) is 5.32 Å². The Morgan fingerprint density at radius 3 is 2.75 bits per heavy atom. The molecule has 0 saturated carbocycles. The minimum absolute atomic E-state index is 0.0778. The molecule has 1 rings (SSSR count). The lowest BCUT2D eigenvalue weighted by molar-refractivity contribution is -0.143. The third kappa shape index (κ3) is 5.28. The summed E-state index contributed by atoms with van der Waals surface area (Å²) in [7, 11) is -3.70. The van der Waals surface area contributed by atoms with Crippen molar-refractivity contribution >= 4 is 16.0 Å². The van der Waals surface area contributed by atoms with Gasteiger partial charge in [-0.15, -0.1) is 0 Å². The number of primary sulfonamides is 1. The van der Waals surface area contributed by atoms with Crippen molar-refractivity contribution in [2.45, 2.75) is 31.2 Å². The molecule has 0 radical (unpaired) electrons. The lowest BCUT2D eigenvalue weighted by atomic mass is 10.1. The summed E-state index contributed by atoms with van der Waals surface area (Å²) < 4.78 is 27.4. The molecule has 0 aliphatic rings. The Balaban J connectivity index is 2.60.